The maximum absolute atomic E-state index is 13.2. The molecule has 1 amide bonds. The summed E-state index contributed by atoms with van der Waals surface area (Å²) in [5.74, 6) is -1.89. The van der Waals surface area contributed by atoms with E-state index in [1.807, 2.05) is 0 Å². The summed E-state index contributed by atoms with van der Waals surface area (Å²) < 4.78 is 14.9. The lowest BCUT2D eigenvalue weighted by molar-refractivity contribution is -0.141. The number of carbonyl (C=O) groups excluding carboxylic acids is 1. The minimum absolute atomic E-state index is 0.206. The Morgan fingerprint density at radius 1 is 1.20 bits per heavy atom. The Bertz CT molecular complexity index is 844. The van der Waals surface area contributed by atoms with Crippen LogP contribution in [-0.4, -0.2) is 44.8 Å². The predicted molar refractivity (Wildman–Crippen MR) is 87.2 cm³/mol. The van der Waals surface area contributed by atoms with Crippen LogP contribution in [0.5, 0.6) is 0 Å². The van der Waals surface area contributed by atoms with Crippen LogP contribution in [0.25, 0.3) is 5.69 Å². The Morgan fingerprint density at radius 2 is 1.96 bits per heavy atom. The van der Waals surface area contributed by atoms with Crippen LogP contribution >= 0.6 is 0 Å². The molecule has 0 spiro atoms. The number of benzene rings is 1. The fourth-order valence-corrected chi connectivity index (χ4v) is 3.70. The fourth-order valence-electron chi connectivity index (χ4n) is 3.70. The number of hydrogen-bond donors (Lipinski definition) is 1. The van der Waals surface area contributed by atoms with Crippen LogP contribution < -0.4 is 0 Å². The van der Waals surface area contributed by atoms with Gasteiger partial charge in [-0.2, -0.15) is 5.10 Å². The summed E-state index contributed by atoms with van der Waals surface area (Å²) in [6.45, 7) is 0.667. The highest BCUT2D eigenvalue weighted by Crippen LogP contribution is 2.29. The molecule has 1 atom stereocenters. The molecular weight excluding hydrogens is 325 g/mol. The Labute approximate surface area is 143 Å². The summed E-state index contributed by atoms with van der Waals surface area (Å²) in [4.78, 5) is 25.6. The molecule has 0 saturated carbocycles. The normalized spacial score (nSPS) is 19.2. The average Bonchev–Trinajstić information content (AvgIpc) is 3.31. The first-order chi connectivity index (χ1) is 12.0. The van der Waals surface area contributed by atoms with E-state index in [0.29, 0.717) is 18.7 Å². The van der Waals surface area contributed by atoms with E-state index in [1.54, 1.807) is 21.7 Å². The Balaban J connectivity index is 1.67. The zero-order chi connectivity index (χ0) is 17.6. The highest BCUT2D eigenvalue weighted by atomic mass is 19.1. The number of amides is 1. The van der Waals surface area contributed by atoms with Crippen molar-refractivity contribution in [2.75, 3.05) is 13.1 Å². The van der Waals surface area contributed by atoms with Gasteiger partial charge in [0.15, 0.2) is 5.69 Å². The minimum atomic E-state index is -0.864. The standard InChI is InChI=1S/C18H18FN3O3/c19-12-4-6-13(7-5-12)22-15-3-1-2-14(15)16(20-22)17(23)21-9-8-11(10-21)18(24)25/h4-7,11H,1-3,8-10H2,(H,24,25)/t11-/m1/s1. The molecule has 1 aliphatic heterocycles. The topological polar surface area (TPSA) is 75.4 Å². The fraction of sp³-hybridized carbons (Fsp3) is 0.389. The molecular formula is C18H18FN3O3. The van der Waals surface area contributed by atoms with E-state index in [0.717, 1.165) is 36.2 Å². The van der Waals surface area contributed by atoms with Gasteiger partial charge in [-0.15, -0.1) is 0 Å². The molecule has 1 saturated heterocycles. The minimum Gasteiger partial charge on any atom is -0.481 e. The molecule has 0 radical (unpaired) electrons. The van der Waals surface area contributed by atoms with Gasteiger partial charge in [0.25, 0.3) is 5.91 Å². The molecule has 6 nitrogen and oxygen atoms in total. The molecule has 1 aromatic heterocycles. The van der Waals surface area contributed by atoms with Crippen molar-refractivity contribution in [3.05, 3.63) is 47.0 Å². The maximum atomic E-state index is 13.2. The molecule has 1 fully saturated rings. The van der Waals surface area contributed by atoms with E-state index in [2.05, 4.69) is 5.10 Å². The third-order valence-electron chi connectivity index (χ3n) is 5.03. The average molecular weight is 343 g/mol. The molecule has 0 unspecified atom stereocenters. The van der Waals surface area contributed by atoms with E-state index >= 15 is 0 Å². The van der Waals surface area contributed by atoms with Gasteiger partial charge >= 0.3 is 5.97 Å². The Morgan fingerprint density at radius 3 is 2.64 bits per heavy atom. The first kappa shape index (κ1) is 15.8. The van der Waals surface area contributed by atoms with Gasteiger partial charge in [-0.3, -0.25) is 9.59 Å². The summed E-state index contributed by atoms with van der Waals surface area (Å²) in [7, 11) is 0. The molecule has 1 N–H and O–H groups in total. The number of nitrogens with zero attached hydrogens (tertiary/aromatic N) is 3. The lowest BCUT2D eigenvalue weighted by atomic mass is 10.1. The van der Waals surface area contributed by atoms with E-state index in [-0.39, 0.29) is 18.3 Å². The molecule has 130 valence electrons. The van der Waals surface area contributed by atoms with Gasteiger partial charge in [0.1, 0.15) is 5.82 Å². The Kier molecular flexibility index (Phi) is 3.78. The summed E-state index contributed by atoms with van der Waals surface area (Å²) in [6, 6.07) is 6.03. The number of hydrogen-bond acceptors (Lipinski definition) is 3. The van der Waals surface area contributed by atoms with Crippen LogP contribution in [-0.2, 0) is 17.6 Å². The van der Waals surface area contributed by atoms with Crippen molar-refractivity contribution in [2.24, 2.45) is 5.92 Å². The van der Waals surface area contributed by atoms with Gasteiger partial charge in [-0.05, 0) is 49.9 Å². The van der Waals surface area contributed by atoms with Crippen LogP contribution in [0.4, 0.5) is 4.39 Å². The van der Waals surface area contributed by atoms with Crippen LogP contribution in [0.1, 0.15) is 34.6 Å². The molecule has 0 bridgehead atoms. The first-order valence-electron chi connectivity index (χ1n) is 8.43. The lowest BCUT2D eigenvalue weighted by Crippen LogP contribution is -2.31. The number of halogens is 1. The van der Waals surface area contributed by atoms with Crippen molar-refractivity contribution in [1.29, 1.82) is 0 Å². The molecule has 2 aliphatic rings. The number of rotatable bonds is 3. The lowest BCUT2D eigenvalue weighted by Gasteiger charge is -2.14. The summed E-state index contributed by atoms with van der Waals surface area (Å²) in [5, 5.41) is 13.6. The van der Waals surface area contributed by atoms with Crippen molar-refractivity contribution in [3.8, 4) is 5.69 Å². The molecule has 1 aliphatic carbocycles. The SMILES string of the molecule is O=C(O)[C@@H]1CCN(C(=O)c2nn(-c3ccc(F)cc3)c3c2CCC3)C1. The summed E-state index contributed by atoms with van der Waals surface area (Å²) >= 11 is 0. The maximum Gasteiger partial charge on any atom is 0.308 e. The van der Waals surface area contributed by atoms with Crippen LogP contribution in [0.2, 0.25) is 0 Å². The van der Waals surface area contributed by atoms with E-state index in [1.165, 1.54) is 12.1 Å². The zero-order valence-corrected chi connectivity index (χ0v) is 13.6. The van der Waals surface area contributed by atoms with E-state index in [4.69, 9.17) is 5.11 Å². The molecule has 2 aromatic rings. The summed E-state index contributed by atoms with van der Waals surface area (Å²) in [6.07, 6.45) is 3.03. The van der Waals surface area contributed by atoms with Gasteiger partial charge in [-0.1, -0.05) is 0 Å². The molecule has 4 rings (SSSR count). The van der Waals surface area contributed by atoms with Gasteiger partial charge in [0.05, 0.1) is 11.6 Å². The number of fused-ring (bicyclic) bond motifs is 1. The summed E-state index contributed by atoms with van der Waals surface area (Å²) in [5.41, 5.74) is 3.06. The van der Waals surface area contributed by atoms with Crippen LogP contribution in [0.3, 0.4) is 0 Å². The molecule has 25 heavy (non-hydrogen) atoms. The number of carbonyl (C=O) groups is 2. The highest BCUT2D eigenvalue weighted by Gasteiger charge is 2.35. The molecule has 7 heteroatoms. The largest absolute Gasteiger partial charge is 0.481 e. The second-order valence-corrected chi connectivity index (χ2v) is 6.59. The van der Waals surface area contributed by atoms with Crippen molar-refractivity contribution < 1.29 is 19.1 Å². The Hall–Kier alpha value is -2.70. The van der Waals surface area contributed by atoms with Gasteiger partial charge in [0.2, 0.25) is 0 Å². The van der Waals surface area contributed by atoms with Crippen molar-refractivity contribution in [2.45, 2.75) is 25.7 Å². The number of carboxylic acid groups (broad SMARTS) is 1. The number of carboxylic acids is 1. The number of aliphatic carboxylic acids is 1. The van der Waals surface area contributed by atoms with Crippen molar-refractivity contribution in [3.63, 3.8) is 0 Å². The van der Waals surface area contributed by atoms with Crippen molar-refractivity contribution in [1.82, 2.24) is 14.7 Å². The second kappa shape index (κ2) is 5.98. The quantitative estimate of drug-likeness (QED) is 0.925. The number of aromatic nitrogens is 2. The van der Waals surface area contributed by atoms with Crippen LogP contribution in [0.15, 0.2) is 24.3 Å². The predicted octanol–water partition coefficient (Wildman–Crippen LogP) is 2.05. The monoisotopic (exact) mass is 343 g/mol. The zero-order valence-electron chi connectivity index (χ0n) is 13.6. The van der Waals surface area contributed by atoms with Gasteiger partial charge in [-0.25, -0.2) is 9.07 Å². The van der Waals surface area contributed by atoms with E-state index in [9.17, 15) is 14.0 Å². The smallest absolute Gasteiger partial charge is 0.308 e. The van der Waals surface area contributed by atoms with Crippen molar-refractivity contribution >= 4 is 11.9 Å². The first-order valence-corrected chi connectivity index (χ1v) is 8.43. The van der Waals surface area contributed by atoms with Gasteiger partial charge < -0.3 is 10.0 Å². The van der Waals surface area contributed by atoms with Gasteiger partial charge in [0, 0.05) is 24.3 Å². The molecule has 1 aromatic carbocycles. The third kappa shape index (κ3) is 2.69. The van der Waals surface area contributed by atoms with Crippen LogP contribution in [0, 0.1) is 11.7 Å². The second-order valence-electron chi connectivity index (χ2n) is 6.59. The third-order valence-corrected chi connectivity index (χ3v) is 5.03. The number of likely N-dealkylation sites (tertiary alicyclic amines) is 1. The highest BCUT2D eigenvalue weighted by molar-refractivity contribution is 5.95. The molecule has 2 heterocycles. The van der Waals surface area contributed by atoms with E-state index < -0.39 is 11.9 Å².